The maximum Gasteiger partial charge on any atom is 0.337 e. The third-order valence-electron chi connectivity index (χ3n) is 3.42. The molecule has 9 heteroatoms. The van der Waals surface area contributed by atoms with Gasteiger partial charge in [0.15, 0.2) is 0 Å². The maximum atomic E-state index is 12.5. The van der Waals surface area contributed by atoms with Crippen LogP contribution in [0.4, 0.5) is 5.69 Å². The van der Waals surface area contributed by atoms with E-state index in [4.69, 9.17) is 9.84 Å². The molecule has 0 aliphatic carbocycles. The van der Waals surface area contributed by atoms with Gasteiger partial charge in [-0.05, 0) is 24.3 Å². The summed E-state index contributed by atoms with van der Waals surface area (Å²) in [5, 5.41) is 9.57. The van der Waals surface area contributed by atoms with Gasteiger partial charge in [0, 0.05) is 23.3 Å². The lowest BCUT2D eigenvalue weighted by Crippen LogP contribution is -2.14. The molecule has 0 radical (unpaired) electrons. The van der Waals surface area contributed by atoms with Crippen molar-refractivity contribution >= 4 is 32.6 Å². The van der Waals surface area contributed by atoms with Crippen LogP contribution in [0.3, 0.4) is 0 Å². The first-order chi connectivity index (χ1) is 11.4. The maximum absolute atomic E-state index is 12.5. The number of nitrogens with zero attached hydrogens (tertiary/aromatic N) is 1. The number of nitrogens with one attached hydrogen (secondary N) is 2. The zero-order valence-electron chi connectivity index (χ0n) is 12.5. The molecule has 0 aliphatic rings. The van der Waals surface area contributed by atoms with Gasteiger partial charge in [-0.3, -0.25) is 9.71 Å². The number of aromatic carboxylic acids is 1. The molecule has 1 aromatic carbocycles. The number of benzene rings is 1. The lowest BCUT2D eigenvalue weighted by molar-refractivity contribution is 0.0699. The monoisotopic (exact) mass is 347 g/mol. The molecule has 2 heterocycles. The average molecular weight is 347 g/mol. The Morgan fingerprint density at radius 2 is 2.12 bits per heavy atom. The number of carboxylic acids is 1. The van der Waals surface area contributed by atoms with E-state index in [9.17, 15) is 13.2 Å². The first-order valence-corrected chi connectivity index (χ1v) is 8.26. The fourth-order valence-electron chi connectivity index (χ4n) is 2.31. The quantitative estimate of drug-likeness (QED) is 0.649. The van der Waals surface area contributed by atoms with Crippen LogP contribution in [-0.4, -0.2) is 36.6 Å². The van der Waals surface area contributed by atoms with Gasteiger partial charge in [0.1, 0.15) is 10.6 Å². The van der Waals surface area contributed by atoms with Crippen LogP contribution >= 0.6 is 0 Å². The van der Waals surface area contributed by atoms with Gasteiger partial charge >= 0.3 is 5.97 Å². The number of pyridine rings is 1. The summed E-state index contributed by atoms with van der Waals surface area (Å²) >= 11 is 0. The highest BCUT2D eigenvalue weighted by atomic mass is 32.2. The summed E-state index contributed by atoms with van der Waals surface area (Å²) in [5.41, 5.74) is 0.909. The van der Waals surface area contributed by atoms with Crippen molar-refractivity contribution < 1.29 is 23.1 Å². The van der Waals surface area contributed by atoms with E-state index in [1.54, 1.807) is 0 Å². The SMILES string of the molecule is COc1ccncc1S(=O)(=O)Nc1ccc2c(C(=O)O)c[nH]c2c1. The Hall–Kier alpha value is -3.07. The summed E-state index contributed by atoms with van der Waals surface area (Å²) in [5.74, 6) is -0.888. The number of ether oxygens (including phenoxy) is 1. The van der Waals surface area contributed by atoms with Gasteiger partial charge in [-0.2, -0.15) is 0 Å². The van der Waals surface area contributed by atoms with E-state index in [0.717, 1.165) is 0 Å². The van der Waals surface area contributed by atoms with Crippen LogP contribution in [-0.2, 0) is 10.0 Å². The fraction of sp³-hybridized carbons (Fsp3) is 0.0667. The molecule has 0 amide bonds. The summed E-state index contributed by atoms with van der Waals surface area (Å²) in [7, 11) is -2.53. The molecule has 24 heavy (non-hydrogen) atoms. The minimum atomic E-state index is -3.90. The molecule has 0 saturated carbocycles. The summed E-state index contributed by atoms with van der Waals surface area (Å²) in [4.78, 5) is 17.6. The van der Waals surface area contributed by atoms with E-state index in [-0.39, 0.29) is 21.9 Å². The first kappa shape index (κ1) is 15.8. The van der Waals surface area contributed by atoms with Crippen molar-refractivity contribution in [2.75, 3.05) is 11.8 Å². The second-order valence-corrected chi connectivity index (χ2v) is 6.55. The Balaban J connectivity index is 1.98. The van der Waals surface area contributed by atoms with Crippen molar-refractivity contribution in [3.8, 4) is 5.75 Å². The van der Waals surface area contributed by atoms with E-state index in [0.29, 0.717) is 10.9 Å². The first-order valence-electron chi connectivity index (χ1n) is 6.77. The molecule has 3 N–H and O–H groups in total. The van der Waals surface area contributed by atoms with Gasteiger partial charge in [-0.15, -0.1) is 0 Å². The second-order valence-electron chi connectivity index (χ2n) is 4.90. The molecular formula is C15H13N3O5S. The van der Waals surface area contributed by atoms with Gasteiger partial charge in [-0.25, -0.2) is 13.2 Å². The largest absolute Gasteiger partial charge is 0.495 e. The average Bonchev–Trinajstić information content (AvgIpc) is 2.97. The highest BCUT2D eigenvalue weighted by Gasteiger charge is 2.20. The zero-order valence-corrected chi connectivity index (χ0v) is 13.3. The standard InChI is InChI=1S/C15H13N3O5S/c1-23-13-4-5-16-8-14(13)24(21,22)18-9-2-3-10-11(15(19)20)7-17-12(10)6-9/h2-8,17-18H,1H3,(H,19,20). The number of rotatable bonds is 5. The number of hydrogen-bond donors (Lipinski definition) is 3. The Morgan fingerprint density at radius 3 is 2.83 bits per heavy atom. The Labute approximate surface area is 137 Å². The Bertz CT molecular complexity index is 1030. The van der Waals surface area contributed by atoms with Gasteiger partial charge in [0.25, 0.3) is 10.0 Å². The number of H-pyrrole nitrogens is 1. The molecule has 0 fully saturated rings. The Kier molecular flexibility index (Phi) is 3.86. The minimum absolute atomic E-state index is 0.0923. The molecule has 0 saturated heterocycles. The lowest BCUT2D eigenvalue weighted by atomic mass is 10.1. The van der Waals surface area contributed by atoms with E-state index in [1.807, 2.05) is 0 Å². The van der Waals surface area contributed by atoms with Crippen LogP contribution in [0.1, 0.15) is 10.4 Å². The van der Waals surface area contributed by atoms with Crippen LogP contribution in [0.25, 0.3) is 10.9 Å². The molecule has 2 aromatic heterocycles. The van der Waals surface area contributed by atoms with Gasteiger partial charge in [0.2, 0.25) is 0 Å². The molecule has 0 bridgehead atoms. The predicted octanol–water partition coefficient (Wildman–Crippen LogP) is 2.07. The van der Waals surface area contributed by atoms with Crippen molar-refractivity contribution in [1.82, 2.24) is 9.97 Å². The summed E-state index contributed by atoms with van der Waals surface area (Å²) in [6.45, 7) is 0. The van der Waals surface area contributed by atoms with Crippen LogP contribution in [0.2, 0.25) is 0 Å². The molecule has 3 rings (SSSR count). The molecule has 3 aromatic rings. The number of sulfonamides is 1. The molecular weight excluding hydrogens is 334 g/mol. The number of anilines is 1. The molecule has 0 unspecified atom stereocenters. The van der Waals surface area contributed by atoms with Gasteiger partial charge < -0.3 is 14.8 Å². The van der Waals surface area contributed by atoms with Crippen LogP contribution < -0.4 is 9.46 Å². The van der Waals surface area contributed by atoms with Crippen molar-refractivity contribution in [1.29, 1.82) is 0 Å². The van der Waals surface area contributed by atoms with Crippen molar-refractivity contribution in [2.24, 2.45) is 0 Å². The predicted molar refractivity (Wildman–Crippen MR) is 86.9 cm³/mol. The van der Waals surface area contributed by atoms with E-state index < -0.39 is 16.0 Å². The number of aromatic amines is 1. The highest BCUT2D eigenvalue weighted by molar-refractivity contribution is 7.92. The van der Waals surface area contributed by atoms with E-state index in [1.165, 1.54) is 50.0 Å². The smallest absolute Gasteiger partial charge is 0.337 e. The topological polar surface area (TPSA) is 121 Å². The molecule has 0 atom stereocenters. The number of carbonyl (C=O) groups is 1. The van der Waals surface area contributed by atoms with Gasteiger partial charge in [0.05, 0.1) is 24.6 Å². The molecule has 124 valence electrons. The van der Waals surface area contributed by atoms with Crippen LogP contribution in [0.15, 0.2) is 47.8 Å². The van der Waals surface area contributed by atoms with Crippen molar-refractivity contribution in [3.63, 3.8) is 0 Å². The fourth-order valence-corrected chi connectivity index (χ4v) is 3.48. The van der Waals surface area contributed by atoms with Gasteiger partial charge in [-0.1, -0.05) is 0 Å². The van der Waals surface area contributed by atoms with Crippen LogP contribution in [0.5, 0.6) is 5.75 Å². The van der Waals surface area contributed by atoms with E-state index >= 15 is 0 Å². The minimum Gasteiger partial charge on any atom is -0.495 e. The molecule has 0 spiro atoms. The van der Waals surface area contributed by atoms with Crippen molar-refractivity contribution in [2.45, 2.75) is 4.90 Å². The summed E-state index contributed by atoms with van der Waals surface area (Å²) in [6, 6.07) is 5.99. The third kappa shape index (κ3) is 2.76. The Morgan fingerprint density at radius 1 is 1.33 bits per heavy atom. The number of fused-ring (bicyclic) bond motifs is 1. The zero-order chi connectivity index (χ0) is 17.3. The second kappa shape index (κ2) is 5.85. The number of carboxylic acid groups (broad SMARTS) is 1. The van der Waals surface area contributed by atoms with Crippen molar-refractivity contribution in [3.05, 3.63) is 48.4 Å². The number of hydrogen-bond acceptors (Lipinski definition) is 5. The number of methoxy groups -OCH3 is 1. The summed E-state index contributed by atoms with van der Waals surface area (Å²) in [6.07, 6.45) is 3.97. The van der Waals surface area contributed by atoms with E-state index in [2.05, 4.69) is 14.7 Å². The third-order valence-corrected chi connectivity index (χ3v) is 4.81. The number of aromatic nitrogens is 2. The summed E-state index contributed by atoms with van der Waals surface area (Å²) < 4.78 is 32.5. The highest BCUT2D eigenvalue weighted by Crippen LogP contribution is 2.27. The molecule has 8 nitrogen and oxygen atoms in total. The normalized spacial score (nSPS) is 11.4. The molecule has 0 aliphatic heterocycles. The van der Waals surface area contributed by atoms with Crippen LogP contribution in [0, 0.1) is 0 Å². The lowest BCUT2D eigenvalue weighted by Gasteiger charge is -2.11.